The Bertz CT molecular complexity index is 543. The second-order valence-corrected chi connectivity index (χ2v) is 7.42. The molecule has 1 unspecified atom stereocenters. The molecule has 0 N–H and O–H groups in total. The lowest BCUT2D eigenvalue weighted by Gasteiger charge is -2.55. The highest BCUT2D eigenvalue weighted by molar-refractivity contribution is 5.27. The predicted octanol–water partition coefficient (Wildman–Crippen LogP) is 4.14. The van der Waals surface area contributed by atoms with Gasteiger partial charge < -0.3 is 14.2 Å². The van der Waals surface area contributed by atoms with Crippen LogP contribution in [0.5, 0.6) is 0 Å². The van der Waals surface area contributed by atoms with Crippen molar-refractivity contribution in [2.45, 2.75) is 70.3 Å². The van der Waals surface area contributed by atoms with Crippen molar-refractivity contribution in [2.75, 3.05) is 0 Å². The molecule has 0 amide bonds. The van der Waals surface area contributed by atoms with Crippen molar-refractivity contribution >= 4 is 0 Å². The van der Waals surface area contributed by atoms with E-state index in [1.54, 1.807) is 6.92 Å². The quantitative estimate of drug-likeness (QED) is 0.672. The standard InChI is InChI=1S/C16H21F3O3/c1-8-4-5-11-9(2)12(16(17,18)19)20-13-15(11)10(8)6-7-14(3,21-13)22-15/h8,10-11,13H,4-7H2,1-3H3/t8-,10?,11+,13-,14+,15-/m1/s1. The Balaban J connectivity index is 1.85. The zero-order valence-electron chi connectivity index (χ0n) is 13.0. The molecule has 3 aliphatic heterocycles. The molecule has 3 fully saturated rings. The van der Waals surface area contributed by atoms with Crippen LogP contribution in [0.15, 0.2) is 11.3 Å². The van der Waals surface area contributed by atoms with E-state index in [2.05, 4.69) is 6.92 Å². The number of rotatable bonds is 0. The summed E-state index contributed by atoms with van der Waals surface area (Å²) in [5, 5.41) is 0. The fraction of sp³-hybridized carbons (Fsp3) is 0.875. The van der Waals surface area contributed by atoms with Crippen LogP contribution in [0, 0.1) is 17.8 Å². The molecule has 0 aromatic carbocycles. The minimum absolute atomic E-state index is 0.191. The van der Waals surface area contributed by atoms with Gasteiger partial charge in [-0.05, 0) is 50.5 Å². The first-order valence-corrected chi connectivity index (χ1v) is 8.00. The highest BCUT2D eigenvalue weighted by atomic mass is 19.4. The molecule has 0 aromatic heterocycles. The summed E-state index contributed by atoms with van der Waals surface area (Å²) in [4.78, 5) is 0. The van der Waals surface area contributed by atoms with E-state index in [-0.39, 0.29) is 17.4 Å². The normalized spacial score (nSPS) is 50.6. The molecule has 6 atom stereocenters. The van der Waals surface area contributed by atoms with Crippen LogP contribution in [0.2, 0.25) is 0 Å². The molecule has 22 heavy (non-hydrogen) atoms. The van der Waals surface area contributed by atoms with Gasteiger partial charge in [-0.3, -0.25) is 0 Å². The average Bonchev–Trinajstić information content (AvgIpc) is 2.62. The molecule has 6 heteroatoms. The highest BCUT2D eigenvalue weighted by Gasteiger charge is 2.71. The van der Waals surface area contributed by atoms with Crippen molar-refractivity contribution < 1.29 is 27.4 Å². The summed E-state index contributed by atoms with van der Waals surface area (Å²) in [5.74, 6) is -1.37. The zero-order chi connectivity index (χ0) is 15.9. The minimum Gasteiger partial charge on any atom is -0.456 e. The Morgan fingerprint density at radius 3 is 2.59 bits per heavy atom. The number of hydrogen-bond acceptors (Lipinski definition) is 3. The summed E-state index contributed by atoms with van der Waals surface area (Å²) in [6.45, 7) is 5.52. The Morgan fingerprint density at radius 2 is 1.91 bits per heavy atom. The number of allylic oxidation sites excluding steroid dienone is 1. The van der Waals surface area contributed by atoms with E-state index in [9.17, 15) is 13.2 Å². The second kappa shape index (κ2) is 4.20. The Hall–Kier alpha value is -0.750. The maximum absolute atomic E-state index is 13.3. The smallest absolute Gasteiger partial charge is 0.448 e. The lowest BCUT2D eigenvalue weighted by molar-refractivity contribution is -0.248. The molecule has 3 nitrogen and oxygen atoms in total. The summed E-state index contributed by atoms with van der Waals surface area (Å²) in [6, 6.07) is 0. The molecule has 4 aliphatic rings. The molecule has 3 heterocycles. The zero-order valence-corrected chi connectivity index (χ0v) is 13.0. The molecule has 0 aromatic rings. The number of alkyl halides is 3. The summed E-state index contributed by atoms with van der Waals surface area (Å²) in [7, 11) is 0. The summed E-state index contributed by atoms with van der Waals surface area (Å²) in [5.41, 5.74) is -0.473. The van der Waals surface area contributed by atoms with Gasteiger partial charge in [0.05, 0.1) is 0 Å². The van der Waals surface area contributed by atoms with Crippen molar-refractivity contribution in [1.82, 2.24) is 0 Å². The van der Waals surface area contributed by atoms with E-state index < -0.39 is 29.6 Å². The van der Waals surface area contributed by atoms with E-state index >= 15 is 0 Å². The maximum atomic E-state index is 13.3. The first kappa shape index (κ1) is 14.8. The van der Waals surface area contributed by atoms with Crippen LogP contribution >= 0.6 is 0 Å². The van der Waals surface area contributed by atoms with Gasteiger partial charge in [0.1, 0.15) is 5.60 Å². The lowest BCUT2D eigenvalue weighted by Crippen LogP contribution is -2.62. The van der Waals surface area contributed by atoms with Gasteiger partial charge in [-0.1, -0.05) is 6.92 Å². The third-order valence-electron chi connectivity index (χ3n) is 6.11. The molecule has 1 spiro atoms. The van der Waals surface area contributed by atoms with Gasteiger partial charge in [-0.2, -0.15) is 13.2 Å². The van der Waals surface area contributed by atoms with Crippen LogP contribution < -0.4 is 0 Å². The Kier molecular flexibility index (Phi) is 2.83. The van der Waals surface area contributed by atoms with Crippen molar-refractivity contribution in [2.24, 2.45) is 17.8 Å². The fourth-order valence-corrected chi connectivity index (χ4v) is 5.17. The second-order valence-electron chi connectivity index (χ2n) is 7.42. The van der Waals surface area contributed by atoms with Crippen LogP contribution in [0.1, 0.15) is 46.5 Å². The molecular weight excluding hydrogens is 297 g/mol. The topological polar surface area (TPSA) is 27.7 Å². The van der Waals surface area contributed by atoms with Crippen molar-refractivity contribution in [1.29, 1.82) is 0 Å². The molecule has 1 saturated carbocycles. The molecule has 4 rings (SSSR count). The van der Waals surface area contributed by atoms with E-state index in [0.29, 0.717) is 18.8 Å². The highest BCUT2D eigenvalue weighted by Crippen LogP contribution is 2.63. The van der Waals surface area contributed by atoms with Crippen LogP contribution in [0.4, 0.5) is 13.2 Å². The number of fused-ring (bicyclic) bond motifs is 1. The molecule has 2 bridgehead atoms. The summed E-state index contributed by atoms with van der Waals surface area (Å²) in [6.07, 6.45) is -2.18. The van der Waals surface area contributed by atoms with Crippen molar-refractivity contribution in [3.63, 3.8) is 0 Å². The van der Waals surface area contributed by atoms with Crippen LogP contribution in [-0.4, -0.2) is 23.9 Å². The van der Waals surface area contributed by atoms with Gasteiger partial charge in [0.15, 0.2) is 5.79 Å². The molecule has 0 radical (unpaired) electrons. The van der Waals surface area contributed by atoms with E-state index in [1.807, 2.05) is 6.92 Å². The van der Waals surface area contributed by atoms with Gasteiger partial charge in [-0.15, -0.1) is 0 Å². The predicted molar refractivity (Wildman–Crippen MR) is 71.5 cm³/mol. The van der Waals surface area contributed by atoms with Crippen LogP contribution in [0.25, 0.3) is 0 Å². The lowest BCUT2D eigenvalue weighted by atomic mass is 9.58. The molecular formula is C16H21F3O3. The molecule has 124 valence electrons. The Labute approximate surface area is 127 Å². The van der Waals surface area contributed by atoms with Crippen molar-refractivity contribution in [3.8, 4) is 0 Å². The number of ether oxygens (including phenoxy) is 3. The fourth-order valence-electron chi connectivity index (χ4n) is 5.17. The van der Waals surface area contributed by atoms with Gasteiger partial charge in [0.25, 0.3) is 0 Å². The van der Waals surface area contributed by atoms with Gasteiger partial charge in [0.2, 0.25) is 12.0 Å². The first-order chi connectivity index (χ1) is 10.2. The average molecular weight is 318 g/mol. The van der Waals surface area contributed by atoms with Gasteiger partial charge in [-0.25, -0.2) is 0 Å². The Morgan fingerprint density at radius 1 is 1.18 bits per heavy atom. The van der Waals surface area contributed by atoms with Crippen molar-refractivity contribution in [3.05, 3.63) is 11.3 Å². The maximum Gasteiger partial charge on any atom is 0.448 e. The third-order valence-corrected chi connectivity index (χ3v) is 6.11. The summed E-state index contributed by atoms with van der Waals surface area (Å²) >= 11 is 0. The van der Waals surface area contributed by atoms with Crippen LogP contribution in [0.3, 0.4) is 0 Å². The van der Waals surface area contributed by atoms with E-state index in [0.717, 1.165) is 12.8 Å². The van der Waals surface area contributed by atoms with Crippen LogP contribution in [-0.2, 0) is 14.2 Å². The number of halogens is 3. The monoisotopic (exact) mass is 318 g/mol. The summed E-state index contributed by atoms with van der Waals surface area (Å²) < 4.78 is 57.4. The first-order valence-electron chi connectivity index (χ1n) is 8.00. The van der Waals surface area contributed by atoms with Gasteiger partial charge >= 0.3 is 6.18 Å². The van der Waals surface area contributed by atoms with E-state index in [1.165, 1.54) is 0 Å². The molecule has 1 aliphatic carbocycles. The van der Waals surface area contributed by atoms with E-state index in [4.69, 9.17) is 14.2 Å². The van der Waals surface area contributed by atoms with Gasteiger partial charge in [0, 0.05) is 12.3 Å². The third kappa shape index (κ3) is 1.71. The number of hydrogen-bond donors (Lipinski definition) is 0. The SMILES string of the molecule is CC1=C(C(F)(F)F)O[C@@H]2O[C@]3(C)CCC4[C@H](C)CC[C@@H]1[C@]42O3. The minimum atomic E-state index is -4.48. The molecule has 2 saturated heterocycles. The largest absolute Gasteiger partial charge is 0.456 e.